The first-order valence-corrected chi connectivity index (χ1v) is 4.03. The van der Waals surface area contributed by atoms with E-state index in [4.69, 9.17) is 4.74 Å². The minimum absolute atomic E-state index is 0.248. The van der Waals surface area contributed by atoms with Gasteiger partial charge in [-0.1, -0.05) is 12.1 Å². The van der Waals surface area contributed by atoms with Crippen LogP contribution in [0.3, 0.4) is 0 Å². The summed E-state index contributed by atoms with van der Waals surface area (Å²) < 4.78 is 10.1. The van der Waals surface area contributed by atoms with Crippen molar-refractivity contribution in [2.45, 2.75) is 39.7 Å². The van der Waals surface area contributed by atoms with Crippen LogP contribution in [0.2, 0.25) is 0 Å². The molecule has 0 atom stereocenters. The predicted octanol–water partition coefficient (Wildman–Crippen LogP) is 1.81. The standard InChI is InChI=1S/C8H14N2O2/c1-5-6-7(10-12-9-6)11-8(2,3)4/h5H2,1-4H3. The summed E-state index contributed by atoms with van der Waals surface area (Å²) in [7, 11) is 0. The Morgan fingerprint density at radius 1 is 1.33 bits per heavy atom. The van der Waals surface area contributed by atoms with Crippen LogP contribution in [0.1, 0.15) is 33.4 Å². The Morgan fingerprint density at radius 3 is 2.50 bits per heavy atom. The van der Waals surface area contributed by atoms with Crippen molar-refractivity contribution in [3.05, 3.63) is 5.69 Å². The highest BCUT2D eigenvalue weighted by Gasteiger charge is 2.17. The minimum atomic E-state index is -0.248. The van der Waals surface area contributed by atoms with Crippen LogP contribution in [-0.4, -0.2) is 15.9 Å². The van der Waals surface area contributed by atoms with Gasteiger partial charge in [0, 0.05) is 0 Å². The number of hydrogen-bond donors (Lipinski definition) is 0. The average Bonchev–Trinajstić information content (AvgIpc) is 2.31. The SMILES string of the molecule is CCc1nonc1OC(C)(C)C. The molecule has 0 aliphatic rings. The fraction of sp³-hybridized carbons (Fsp3) is 0.750. The third-order valence-corrected chi connectivity index (χ3v) is 1.26. The summed E-state index contributed by atoms with van der Waals surface area (Å²) in [6, 6.07) is 0. The van der Waals surface area contributed by atoms with Crippen molar-refractivity contribution < 1.29 is 9.37 Å². The Balaban J connectivity index is 2.75. The van der Waals surface area contributed by atoms with E-state index in [-0.39, 0.29) is 5.60 Å². The Kier molecular flexibility index (Phi) is 2.35. The number of rotatable bonds is 2. The van der Waals surface area contributed by atoms with Gasteiger partial charge in [0.15, 0.2) is 0 Å². The van der Waals surface area contributed by atoms with Gasteiger partial charge in [0.2, 0.25) is 0 Å². The van der Waals surface area contributed by atoms with Gasteiger partial charge in [-0.15, -0.1) is 0 Å². The lowest BCUT2D eigenvalue weighted by atomic mass is 10.2. The minimum Gasteiger partial charge on any atom is -0.468 e. The first-order chi connectivity index (χ1) is 5.53. The highest BCUT2D eigenvalue weighted by molar-refractivity contribution is 5.14. The van der Waals surface area contributed by atoms with E-state index in [0.29, 0.717) is 5.88 Å². The summed E-state index contributed by atoms with van der Waals surface area (Å²) in [6.45, 7) is 7.86. The molecule has 0 aromatic carbocycles. The van der Waals surface area contributed by atoms with Crippen molar-refractivity contribution in [2.75, 3.05) is 0 Å². The lowest BCUT2D eigenvalue weighted by Crippen LogP contribution is -2.23. The van der Waals surface area contributed by atoms with Crippen LogP contribution < -0.4 is 4.74 Å². The molecular weight excluding hydrogens is 156 g/mol. The molecule has 1 rings (SSSR count). The molecule has 68 valence electrons. The van der Waals surface area contributed by atoms with Crippen LogP contribution in [0.5, 0.6) is 5.88 Å². The zero-order valence-corrected chi connectivity index (χ0v) is 7.92. The molecular formula is C8H14N2O2. The molecule has 0 spiro atoms. The van der Waals surface area contributed by atoms with Gasteiger partial charge in [0.1, 0.15) is 11.3 Å². The average molecular weight is 170 g/mol. The van der Waals surface area contributed by atoms with Crippen LogP contribution >= 0.6 is 0 Å². The molecule has 1 aromatic rings. The Hall–Kier alpha value is -1.06. The van der Waals surface area contributed by atoms with Gasteiger partial charge in [0.25, 0.3) is 5.88 Å². The molecule has 0 amide bonds. The molecule has 4 nitrogen and oxygen atoms in total. The number of aromatic nitrogens is 2. The van der Waals surface area contributed by atoms with Crippen molar-refractivity contribution in [3.8, 4) is 5.88 Å². The van der Waals surface area contributed by atoms with Gasteiger partial charge in [0.05, 0.1) is 0 Å². The maximum atomic E-state index is 5.50. The molecule has 4 heteroatoms. The van der Waals surface area contributed by atoms with E-state index >= 15 is 0 Å². The zero-order chi connectivity index (χ0) is 9.19. The number of nitrogens with zero attached hydrogens (tertiary/aromatic N) is 2. The molecule has 1 aromatic heterocycles. The van der Waals surface area contributed by atoms with Crippen LogP contribution in [0.15, 0.2) is 4.63 Å². The lowest BCUT2D eigenvalue weighted by molar-refractivity contribution is 0.115. The molecule has 0 aliphatic carbocycles. The largest absolute Gasteiger partial charge is 0.468 e. The molecule has 0 fully saturated rings. The summed E-state index contributed by atoms with van der Waals surface area (Å²) >= 11 is 0. The summed E-state index contributed by atoms with van der Waals surface area (Å²) in [4.78, 5) is 0. The molecule has 0 saturated carbocycles. The summed E-state index contributed by atoms with van der Waals surface area (Å²) in [5.41, 5.74) is 0.521. The maximum absolute atomic E-state index is 5.50. The van der Waals surface area contributed by atoms with Crippen molar-refractivity contribution in [1.29, 1.82) is 0 Å². The smallest absolute Gasteiger partial charge is 0.279 e. The van der Waals surface area contributed by atoms with Crippen LogP contribution in [0.4, 0.5) is 0 Å². The van der Waals surface area contributed by atoms with Gasteiger partial charge in [-0.05, 0) is 32.3 Å². The number of aryl methyl sites for hydroxylation is 1. The zero-order valence-electron chi connectivity index (χ0n) is 7.92. The maximum Gasteiger partial charge on any atom is 0.279 e. The van der Waals surface area contributed by atoms with E-state index in [1.165, 1.54) is 0 Å². The van der Waals surface area contributed by atoms with Crippen molar-refractivity contribution in [2.24, 2.45) is 0 Å². The van der Waals surface area contributed by atoms with E-state index < -0.39 is 0 Å². The third kappa shape index (κ3) is 2.22. The van der Waals surface area contributed by atoms with E-state index in [0.717, 1.165) is 12.1 Å². The third-order valence-electron chi connectivity index (χ3n) is 1.26. The lowest BCUT2D eigenvalue weighted by Gasteiger charge is -2.18. The first-order valence-electron chi connectivity index (χ1n) is 4.03. The van der Waals surface area contributed by atoms with E-state index in [1.807, 2.05) is 27.7 Å². The molecule has 12 heavy (non-hydrogen) atoms. The topological polar surface area (TPSA) is 48.2 Å². The van der Waals surface area contributed by atoms with Gasteiger partial charge >= 0.3 is 0 Å². The summed E-state index contributed by atoms with van der Waals surface area (Å²) in [5, 5.41) is 7.37. The Labute approximate surface area is 71.9 Å². The molecule has 0 saturated heterocycles. The summed E-state index contributed by atoms with van der Waals surface area (Å²) in [5.74, 6) is 0.505. The molecule has 0 aliphatic heterocycles. The van der Waals surface area contributed by atoms with Crippen LogP contribution in [-0.2, 0) is 6.42 Å². The normalized spacial score (nSPS) is 11.7. The van der Waals surface area contributed by atoms with Crippen molar-refractivity contribution in [3.63, 3.8) is 0 Å². The van der Waals surface area contributed by atoms with Gasteiger partial charge in [-0.3, -0.25) is 0 Å². The van der Waals surface area contributed by atoms with E-state index in [2.05, 4.69) is 14.9 Å². The van der Waals surface area contributed by atoms with Gasteiger partial charge in [-0.2, -0.15) is 0 Å². The molecule has 0 radical (unpaired) electrons. The van der Waals surface area contributed by atoms with Crippen LogP contribution in [0, 0.1) is 0 Å². The van der Waals surface area contributed by atoms with E-state index in [9.17, 15) is 0 Å². The summed E-state index contributed by atoms with van der Waals surface area (Å²) in [6.07, 6.45) is 0.773. The quantitative estimate of drug-likeness (QED) is 0.679. The molecule has 0 unspecified atom stereocenters. The molecule has 1 heterocycles. The van der Waals surface area contributed by atoms with Crippen LogP contribution in [0.25, 0.3) is 0 Å². The van der Waals surface area contributed by atoms with Crippen molar-refractivity contribution in [1.82, 2.24) is 10.3 Å². The van der Waals surface area contributed by atoms with E-state index in [1.54, 1.807) is 0 Å². The number of hydrogen-bond acceptors (Lipinski definition) is 4. The Morgan fingerprint density at radius 2 is 2.00 bits per heavy atom. The number of ether oxygens (including phenoxy) is 1. The first kappa shape index (κ1) is 9.03. The van der Waals surface area contributed by atoms with Gasteiger partial charge in [-0.25, -0.2) is 4.63 Å². The monoisotopic (exact) mass is 170 g/mol. The van der Waals surface area contributed by atoms with Gasteiger partial charge < -0.3 is 4.74 Å². The Bertz CT molecular complexity index is 250. The molecule has 0 N–H and O–H groups in total. The second-order valence-corrected chi connectivity index (χ2v) is 3.58. The van der Waals surface area contributed by atoms with Crippen molar-refractivity contribution >= 4 is 0 Å². The second-order valence-electron chi connectivity index (χ2n) is 3.58. The fourth-order valence-electron chi connectivity index (χ4n) is 0.782. The fourth-order valence-corrected chi connectivity index (χ4v) is 0.782. The predicted molar refractivity (Wildman–Crippen MR) is 44.1 cm³/mol. The second kappa shape index (κ2) is 3.13. The molecule has 0 bridgehead atoms. The highest BCUT2D eigenvalue weighted by Crippen LogP contribution is 2.18. The highest BCUT2D eigenvalue weighted by atomic mass is 16.6.